The number of carboxylic acids is 2. The van der Waals surface area contributed by atoms with Crippen LogP contribution in [0.1, 0.15) is 27.2 Å². The summed E-state index contributed by atoms with van der Waals surface area (Å²) < 4.78 is 9.87. The molecule has 132 valence electrons. The lowest BCUT2D eigenvalue weighted by molar-refractivity contribution is -0.159. The second-order valence-electron chi connectivity index (χ2n) is 5.78. The zero-order valence-corrected chi connectivity index (χ0v) is 13.4. The summed E-state index contributed by atoms with van der Waals surface area (Å²) in [5.41, 5.74) is 5.16. The van der Waals surface area contributed by atoms with Gasteiger partial charge in [-0.1, -0.05) is 0 Å². The first-order chi connectivity index (χ1) is 10.4. The first kappa shape index (κ1) is 20.6. The number of likely N-dealkylation sites (tertiary alicyclic amines) is 1. The second kappa shape index (κ2) is 8.32. The number of ether oxygens (including phenoxy) is 2. The van der Waals surface area contributed by atoms with E-state index in [1.807, 2.05) is 0 Å². The predicted molar refractivity (Wildman–Crippen MR) is 76.6 cm³/mol. The number of methoxy groups -OCH3 is 1. The van der Waals surface area contributed by atoms with Crippen LogP contribution in [0.4, 0.5) is 4.79 Å². The van der Waals surface area contributed by atoms with Crippen LogP contribution in [0.5, 0.6) is 0 Å². The van der Waals surface area contributed by atoms with Crippen molar-refractivity contribution in [3.63, 3.8) is 0 Å². The normalized spacial score (nSPS) is 20.1. The molecule has 1 aliphatic rings. The van der Waals surface area contributed by atoms with Crippen LogP contribution < -0.4 is 5.73 Å². The highest BCUT2D eigenvalue weighted by atomic mass is 16.6. The van der Waals surface area contributed by atoms with Crippen LogP contribution in [-0.4, -0.2) is 70.5 Å². The second-order valence-corrected chi connectivity index (χ2v) is 5.78. The molecule has 1 rings (SSSR count). The van der Waals surface area contributed by atoms with Gasteiger partial charge in [0.25, 0.3) is 0 Å². The molecular weight excluding hydrogens is 312 g/mol. The molecule has 0 aromatic carbocycles. The largest absolute Gasteiger partial charge is 0.473 e. The first-order valence-corrected chi connectivity index (χ1v) is 6.68. The molecule has 1 fully saturated rings. The molecule has 1 saturated heterocycles. The van der Waals surface area contributed by atoms with Crippen LogP contribution in [0.2, 0.25) is 0 Å². The minimum absolute atomic E-state index is 0.216. The third kappa shape index (κ3) is 7.45. The number of rotatable bonds is 1. The molecule has 10 heteroatoms. The zero-order valence-electron chi connectivity index (χ0n) is 13.4. The number of aliphatic carboxylic acids is 2. The summed E-state index contributed by atoms with van der Waals surface area (Å²) in [4.78, 5) is 42.9. The molecule has 0 spiro atoms. The molecule has 1 amide bonds. The Bertz CT molecular complexity index is 459. The van der Waals surface area contributed by atoms with Gasteiger partial charge in [-0.25, -0.2) is 19.2 Å². The number of amides is 1. The monoisotopic (exact) mass is 334 g/mol. The molecule has 0 unspecified atom stereocenters. The Hall–Kier alpha value is -2.36. The molecule has 0 aliphatic carbocycles. The highest BCUT2D eigenvalue weighted by Crippen LogP contribution is 2.21. The summed E-state index contributed by atoms with van der Waals surface area (Å²) in [7, 11) is 1.29. The van der Waals surface area contributed by atoms with E-state index in [1.165, 1.54) is 12.0 Å². The van der Waals surface area contributed by atoms with Gasteiger partial charge in [-0.3, -0.25) is 4.90 Å². The lowest BCUT2D eigenvalue weighted by Gasteiger charge is -2.27. The number of carboxylic acid groups (broad SMARTS) is 2. The van der Waals surface area contributed by atoms with Gasteiger partial charge in [-0.2, -0.15) is 0 Å². The molecule has 4 N–H and O–H groups in total. The average molecular weight is 334 g/mol. The van der Waals surface area contributed by atoms with Gasteiger partial charge >= 0.3 is 24.0 Å². The van der Waals surface area contributed by atoms with E-state index in [0.717, 1.165) is 0 Å². The number of carbonyl (C=O) groups is 4. The van der Waals surface area contributed by atoms with Crippen molar-refractivity contribution < 1.29 is 38.9 Å². The van der Waals surface area contributed by atoms with Crippen molar-refractivity contribution in [2.75, 3.05) is 13.7 Å². The third-order valence-electron chi connectivity index (χ3n) is 2.62. The van der Waals surface area contributed by atoms with Crippen LogP contribution >= 0.6 is 0 Å². The fraction of sp³-hybridized carbons (Fsp3) is 0.692. The lowest BCUT2D eigenvalue weighted by atomic mass is 10.2. The van der Waals surface area contributed by atoms with Crippen molar-refractivity contribution in [1.29, 1.82) is 0 Å². The molecule has 0 aromatic heterocycles. The Morgan fingerprint density at radius 1 is 1.13 bits per heavy atom. The van der Waals surface area contributed by atoms with E-state index < -0.39 is 35.6 Å². The fourth-order valence-electron chi connectivity index (χ4n) is 1.75. The smallest absolute Gasteiger partial charge is 0.414 e. The Labute approximate surface area is 133 Å². The van der Waals surface area contributed by atoms with Crippen molar-refractivity contribution in [3.8, 4) is 0 Å². The van der Waals surface area contributed by atoms with Gasteiger partial charge in [0.15, 0.2) is 0 Å². The molecule has 23 heavy (non-hydrogen) atoms. The van der Waals surface area contributed by atoms with E-state index in [-0.39, 0.29) is 6.04 Å². The summed E-state index contributed by atoms with van der Waals surface area (Å²) >= 11 is 0. The molecule has 0 radical (unpaired) electrons. The van der Waals surface area contributed by atoms with Gasteiger partial charge in [0.05, 0.1) is 7.11 Å². The molecule has 1 aliphatic heterocycles. The predicted octanol–water partition coefficient (Wildman–Crippen LogP) is -0.348. The SMILES string of the molecule is COC(=O)[C@@H]1C[C@H](N)CN1C(=O)OC(C)(C)C.O=C(O)C(=O)O. The molecule has 10 nitrogen and oxygen atoms in total. The minimum atomic E-state index is -1.82. The van der Waals surface area contributed by atoms with Crippen molar-refractivity contribution >= 4 is 24.0 Å². The van der Waals surface area contributed by atoms with Crippen molar-refractivity contribution in [3.05, 3.63) is 0 Å². The van der Waals surface area contributed by atoms with Crippen molar-refractivity contribution in [2.24, 2.45) is 5.73 Å². The Morgan fingerprint density at radius 3 is 1.96 bits per heavy atom. The average Bonchev–Trinajstić information content (AvgIpc) is 2.78. The molecule has 0 bridgehead atoms. The number of nitrogens with two attached hydrogens (primary N) is 1. The van der Waals surface area contributed by atoms with E-state index in [9.17, 15) is 9.59 Å². The number of nitrogens with zero attached hydrogens (tertiary/aromatic N) is 1. The summed E-state index contributed by atoms with van der Waals surface area (Å²) in [5.74, 6) is -4.10. The highest BCUT2D eigenvalue weighted by molar-refractivity contribution is 6.27. The van der Waals surface area contributed by atoms with Gasteiger partial charge in [0.1, 0.15) is 11.6 Å². The molecule has 2 atom stereocenters. The maximum atomic E-state index is 11.9. The number of esters is 1. The van der Waals surface area contributed by atoms with Gasteiger partial charge in [-0.05, 0) is 27.2 Å². The molecule has 0 saturated carbocycles. The minimum Gasteiger partial charge on any atom is -0.473 e. The maximum absolute atomic E-state index is 11.9. The topological polar surface area (TPSA) is 156 Å². The van der Waals surface area contributed by atoms with Crippen molar-refractivity contribution in [1.82, 2.24) is 4.90 Å². The number of hydrogen-bond acceptors (Lipinski definition) is 7. The Morgan fingerprint density at radius 2 is 1.61 bits per heavy atom. The van der Waals surface area contributed by atoms with Crippen molar-refractivity contribution in [2.45, 2.75) is 44.9 Å². The van der Waals surface area contributed by atoms with Gasteiger partial charge in [0.2, 0.25) is 0 Å². The summed E-state index contributed by atoms with van der Waals surface area (Å²) in [6.45, 7) is 5.63. The Balaban J connectivity index is 0.000000688. The summed E-state index contributed by atoms with van der Waals surface area (Å²) in [6, 6.07) is -0.850. The van der Waals surface area contributed by atoms with Gasteiger partial charge in [-0.15, -0.1) is 0 Å². The number of carbonyl (C=O) groups excluding carboxylic acids is 2. The third-order valence-corrected chi connectivity index (χ3v) is 2.62. The van der Waals surface area contributed by atoms with E-state index in [1.54, 1.807) is 20.8 Å². The van der Waals surface area contributed by atoms with E-state index in [0.29, 0.717) is 13.0 Å². The number of hydrogen-bond donors (Lipinski definition) is 3. The molecule has 1 heterocycles. The van der Waals surface area contributed by atoms with Crippen LogP contribution in [-0.2, 0) is 23.9 Å². The Kier molecular flexibility index (Phi) is 7.47. The highest BCUT2D eigenvalue weighted by Gasteiger charge is 2.40. The standard InChI is InChI=1S/C11H20N2O4.C2H2O4/c1-11(2,3)17-10(15)13-6-7(12)5-8(13)9(14)16-4;3-1(4)2(5)6/h7-8H,5-6,12H2,1-4H3;(H,3,4)(H,5,6)/t7-,8-;/m0./s1. The molecular formula is C13H22N2O8. The first-order valence-electron chi connectivity index (χ1n) is 6.68. The van der Waals surface area contributed by atoms with Crippen LogP contribution in [0.3, 0.4) is 0 Å². The van der Waals surface area contributed by atoms with Crippen LogP contribution in [0, 0.1) is 0 Å². The summed E-state index contributed by atoms with van der Waals surface area (Å²) in [6.07, 6.45) is -0.118. The van der Waals surface area contributed by atoms with Gasteiger partial charge in [0, 0.05) is 12.6 Å². The summed E-state index contributed by atoms with van der Waals surface area (Å²) in [5, 5.41) is 14.8. The van der Waals surface area contributed by atoms with E-state index >= 15 is 0 Å². The van der Waals surface area contributed by atoms with E-state index in [2.05, 4.69) is 4.74 Å². The van der Waals surface area contributed by atoms with E-state index in [4.69, 9.17) is 30.3 Å². The van der Waals surface area contributed by atoms with Crippen LogP contribution in [0.25, 0.3) is 0 Å². The quantitative estimate of drug-likeness (QED) is 0.430. The molecule has 0 aromatic rings. The van der Waals surface area contributed by atoms with Crippen LogP contribution in [0.15, 0.2) is 0 Å². The maximum Gasteiger partial charge on any atom is 0.414 e. The fourth-order valence-corrected chi connectivity index (χ4v) is 1.75. The lowest BCUT2D eigenvalue weighted by Crippen LogP contribution is -2.44. The van der Waals surface area contributed by atoms with Gasteiger partial charge < -0.3 is 25.4 Å². The zero-order chi connectivity index (χ0) is 18.4.